The monoisotopic (exact) mass is 283 g/mol. The third-order valence-electron chi connectivity index (χ3n) is 3.32. The predicted octanol–water partition coefficient (Wildman–Crippen LogP) is 3.37. The van der Waals surface area contributed by atoms with Crippen LogP contribution in [-0.2, 0) is 0 Å². The summed E-state index contributed by atoms with van der Waals surface area (Å²) in [4.78, 5) is 27.0. The van der Waals surface area contributed by atoms with Gasteiger partial charge in [-0.15, -0.1) is 0 Å². The topological polar surface area (TPSA) is 37.4 Å². The lowest BCUT2D eigenvalue weighted by Crippen LogP contribution is -2.24. The second kappa shape index (κ2) is 4.80. The minimum absolute atomic E-state index is 0.225. The van der Waals surface area contributed by atoms with E-state index in [9.17, 15) is 9.59 Å². The van der Waals surface area contributed by atoms with E-state index in [4.69, 9.17) is 0 Å². The third-order valence-corrected chi connectivity index (χ3v) is 4.32. The lowest BCUT2D eigenvalue weighted by atomic mass is 10.1. The number of hydrogen-bond donors (Lipinski definition) is 0. The number of aryl methyl sites for hydroxylation is 1. The molecule has 0 aromatic heterocycles. The fourth-order valence-corrected chi connectivity index (χ4v) is 3.00. The van der Waals surface area contributed by atoms with Crippen LogP contribution in [0.1, 0.15) is 26.3 Å². The molecule has 0 aliphatic carbocycles. The van der Waals surface area contributed by atoms with Crippen molar-refractivity contribution in [2.45, 2.75) is 16.7 Å². The van der Waals surface area contributed by atoms with Gasteiger partial charge in [-0.3, -0.25) is 14.5 Å². The van der Waals surface area contributed by atoms with Crippen molar-refractivity contribution in [1.29, 1.82) is 0 Å². The molecule has 0 radical (unpaired) electrons. The smallest absolute Gasteiger partial charge is 0.261 e. The Bertz CT molecular complexity index is 707. The summed E-state index contributed by atoms with van der Waals surface area (Å²) in [5.41, 5.74) is 2.20. The van der Waals surface area contributed by atoms with Crippen molar-refractivity contribution in [3.05, 3.63) is 59.2 Å². The highest BCUT2D eigenvalue weighted by molar-refractivity contribution is 7.99. The van der Waals surface area contributed by atoms with Crippen molar-refractivity contribution < 1.29 is 9.59 Å². The second-order valence-electron chi connectivity index (χ2n) is 4.79. The number of rotatable bonds is 2. The van der Waals surface area contributed by atoms with E-state index in [1.807, 2.05) is 25.1 Å². The third kappa shape index (κ3) is 2.12. The van der Waals surface area contributed by atoms with Crippen LogP contribution in [0, 0.1) is 6.92 Å². The minimum Gasteiger partial charge on any atom is -0.277 e. The van der Waals surface area contributed by atoms with Crippen LogP contribution >= 0.6 is 11.8 Å². The molecule has 0 saturated heterocycles. The van der Waals surface area contributed by atoms with Gasteiger partial charge in [-0.05, 0) is 37.3 Å². The highest BCUT2D eigenvalue weighted by atomic mass is 32.2. The molecule has 1 aliphatic heterocycles. The number of benzene rings is 2. The first-order chi connectivity index (χ1) is 9.56. The largest absolute Gasteiger partial charge is 0.277 e. The number of nitrogens with zero attached hydrogens (tertiary/aromatic N) is 1. The summed E-state index contributed by atoms with van der Waals surface area (Å²) in [6.07, 6.45) is 0. The molecule has 1 heterocycles. The molecule has 2 amide bonds. The number of amides is 2. The zero-order chi connectivity index (χ0) is 14.3. The fraction of sp³-hybridized carbons (Fsp3) is 0.125. The second-order valence-corrected chi connectivity index (χ2v) is 5.94. The lowest BCUT2D eigenvalue weighted by Gasteiger charge is -2.04. The zero-order valence-electron chi connectivity index (χ0n) is 11.2. The first-order valence-corrected chi connectivity index (χ1v) is 7.09. The van der Waals surface area contributed by atoms with E-state index in [1.54, 1.807) is 23.9 Å². The van der Waals surface area contributed by atoms with Crippen molar-refractivity contribution >= 4 is 23.6 Å². The van der Waals surface area contributed by atoms with Crippen molar-refractivity contribution in [2.75, 3.05) is 7.05 Å². The molecule has 2 aromatic rings. The van der Waals surface area contributed by atoms with E-state index in [0.717, 1.165) is 14.7 Å². The van der Waals surface area contributed by atoms with Gasteiger partial charge in [0.05, 0.1) is 11.1 Å². The molecule has 0 unspecified atom stereocenters. The van der Waals surface area contributed by atoms with Crippen LogP contribution in [0.15, 0.2) is 52.3 Å². The van der Waals surface area contributed by atoms with Crippen molar-refractivity contribution in [1.82, 2.24) is 4.90 Å². The van der Waals surface area contributed by atoms with Crippen LogP contribution in [0.2, 0.25) is 0 Å². The number of carbonyl (C=O) groups is 2. The van der Waals surface area contributed by atoms with E-state index >= 15 is 0 Å². The highest BCUT2D eigenvalue weighted by Crippen LogP contribution is 2.31. The first kappa shape index (κ1) is 12.9. The molecule has 20 heavy (non-hydrogen) atoms. The van der Waals surface area contributed by atoms with Crippen molar-refractivity contribution in [3.8, 4) is 0 Å². The Morgan fingerprint density at radius 1 is 0.850 bits per heavy atom. The molecule has 0 bridgehead atoms. The molecule has 0 N–H and O–H groups in total. The number of imide groups is 1. The molecule has 3 nitrogen and oxygen atoms in total. The molecule has 0 spiro atoms. The van der Waals surface area contributed by atoms with Gasteiger partial charge in [-0.1, -0.05) is 29.5 Å². The van der Waals surface area contributed by atoms with Gasteiger partial charge in [0.2, 0.25) is 0 Å². The lowest BCUT2D eigenvalue weighted by molar-refractivity contribution is 0.0693. The summed E-state index contributed by atoms with van der Waals surface area (Å²) in [6, 6.07) is 13.6. The molecule has 2 aromatic carbocycles. The van der Waals surface area contributed by atoms with Gasteiger partial charge >= 0.3 is 0 Å². The predicted molar refractivity (Wildman–Crippen MR) is 78.2 cm³/mol. The standard InChI is InChI=1S/C16H13NO2S/c1-10-3-5-11(6-4-10)20-12-7-8-13-14(9-12)16(19)17(2)15(13)18/h3-9H,1-2H3. The highest BCUT2D eigenvalue weighted by Gasteiger charge is 2.32. The Morgan fingerprint density at radius 2 is 1.45 bits per heavy atom. The van der Waals surface area contributed by atoms with E-state index in [-0.39, 0.29) is 11.8 Å². The average molecular weight is 283 g/mol. The van der Waals surface area contributed by atoms with Gasteiger partial charge in [0.15, 0.2) is 0 Å². The molecular weight excluding hydrogens is 270 g/mol. The Balaban J connectivity index is 1.92. The van der Waals surface area contributed by atoms with Gasteiger partial charge in [0, 0.05) is 16.8 Å². The quantitative estimate of drug-likeness (QED) is 0.793. The average Bonchev–Trinajstić information content (AvgIpc) is 2.66. The van der Waals surface area contributed by atoms with Gasteiger partial charge in [-0.2, -0.15) is 0 Å². The summed E-state index contributed by atoms with van der Waals surface area (Å²) >= 11 is 1.58. The summed E-state index contributed by atoms with van der Waals surface area (Å²) in [6.45, 7) is 2.05. The summed E-state index contributed by atoms with van der Waals surface area (Å²) in [7, 11) is 1.51. The maximum absolute atomic E-state index is 12.0. The minimum atomic E-state index is -0.226. The maximum Gasteiger partial charge on any atom is 0.261 e. The molecular formula is C16H13NO2S. The normalized spacial score (nSPS) is 13.8. The van der Waals surface area contributed by atoms with Crippen LogP contribution in [0.3, 0.4) is 0 Å². The van der Waals surface area contributed by atoms with Gasteiger partial charge in [0.1, 0.15) is 0 Å². The van der Waals surface area contributed by atoms with Crippen molar-refractivity contribution in [2.24, 2.45) is 0 Å². The molecule has 4 heteroatoms. The fourth-order valence-electron chi connectivity index (χ4n) is 2.15. The Morgan fingerprint density at radius 3 is 2.15 bits per heavy atom. The summed E-state index contributed by atoms with van der Waals surface area (Å²) in [5, 5.41) is 0. The Labute approximate surface area is 121 Å². The summed E-state index contributed by atoms with van der Waals surface area (Å²) < 4.78 is 0. The van der Waals surface area contributed by atoms with Gasteiger partial charge in [0.25, 0.3) is 11.8 Å². The first-order valence-electron chi connectivity index (χ1n) is 6.27. The van der Waals surface area contributed by atoms with Crippen LogP contribution in [0.5, 0.6) is 0 Å². The van der Waals surface area contributed by atoms with Crippen LogP contribution < -0.4 is 0 Å². The molecule has 0 fully saturated rings. The maximum atomic E-state index is 12.0. The van der Waals surface area contributed by atoms with Crippen LogP contribution in [0.25, 0.3) is 0 Å². The Hall–Kier alpha value is -2.07. The van der Waals surface area contributed by atoms with Crippen molar-refractivity contribution in [3.63, 3.8) is 0 Å². The van der Waals surface area contributed by atoms with Gasteiger partial charge < -0.3 is 0 Å². The van der Waals surface area contributed by atoms with E-state index in [0.29, 0.717) is 11.1 Å². The number of hydrogen-bond acceptors (Lipinski definition) is 3. The molecule has 3 rings (SSSR count). The SMILES string of the molecule is Cc1ccc(Sc2ccc3c(c2)C(=O)N(C)C3=O)cc1. The molecule has 1 aliphatic rings. The number of fused-ring (bicyclic) bond motifs is 1. The van der Waals surface area contributed by atoms with Gasteiger partial charge in [-0.25, -0.2) is 0 Å². The molecule has 0 atom stereocenters. The zero-order valence-corrected chi connectivity index (χ0v) is 12.0. The van der Waals surface area contributed by atoms with E-state index < -0.39 is 0 Å². The van der Waals surface area contributed by atoms with E-state index in [2.05, 4.69) is 12.1 Å². The van der Waals surface area contributed by atoms with Crippen LogP contribution in [0.4, 0.5) is 0 Å². The molecule has 100 valence electrons. The number of carbonyl (C=O) groups excluding carboxylic acids is 2. The summed E-state index contributed by atoms with van der Waals surface area (Å²) in [5.74, 6) is -0.451. The van der Waals surface area contributed by atoms with Crippen LogP contribution in [-0.4, -0.2) is 23.8 Å². The van der Waals surface area contributed by atoms with E-state index in [1.165, 1.54) is 12.6 Å². The molecule has 0 saturated carbocycles. The Kier molecular flexibility index (Phi) is 3.10.